The summed E-state index contributed by atoms with van der Waals surface area (Å²) in [4.78, 5) is 0.143. The van der Waals surface area contributed by atoms with Crippen LogP contribution in [0.2, 0.25) is 0 Å². The fourth-order valence-electron chi connectivity index (χ4n) is 1.22. The molecule has 1 unspecified atom stereocenters. The van der Waals surface area contributed by atoms with Gasteiger partial charge in [-0.15, -0.1) is 0 Å². The molecule has 0 aliphatic rings. The molecule has 0 saturated carbocycles. The SMILES string of the molecule is CCC(C)Nc1ccc(S(=O)(=O)CO)cc1. The second-order valence-corrected chi connectivity index (χ2v) is 5.68. The first kappa shape index (κ1) is 13.0. The van der Waals surface area contributed by atoms with E-state index in [1.165, 1.54) is 12.1 Å². The Labute approximate surface area is 96.2 Å². The molecule has 5 heteroatoms. The van der Waals surface area contributed by atoms with Gasteiger partial charge in [0.2, 0.25) is 9.84 Å². The lowest BCUT2D eigenvalue weighted by Gasteiger charge is -2.13. The van der Waals surface area contributed by atoms with Gasteiger partial charge in [0.15, 0.2) is 0 Å². The van der Waals surface area contributed by atoms with Crippen molar-refractivity contribution in [1.29, 1.82) is 0 Å². The molecule has 0 bridgehead atoms. The molecular formula is C11H17NO3S. The van der Waals surface area contributed by atoms with Crippen LogP contribution in [0.4, 0.5) is 5.69 Å². The van der Waals surface area contributed by atoms with E-state index in [9.17, 15) is 8.42 Å². The molecule has 90 valence electrons. The maximum absolute atomic E-state index is 11.3. The summed E-state index contributed by atoms with van der Waals surface area (Å²) in [6, 6.07) is 6.75. The normalized spacial score (nSPS) is 13.4. The van der Waals surface area contributed by atoms with Crippen molar-refractivity contribution in [3.05, 3.63) is 24.3 Å². The van der Waals surface area contributed by atoms with Crippen molar-refractivity contribution in [2.75, 3.05) is 11.3 Å². The molecule has 4 nitrogen and oxygen atoms in total. The minimum absolute atomic E-state index is 0.143. The average molecular weight is 243 g/mol. The lowest BCUT2D eigenvalue weighted by molar-refractivity contribution is 0.358. The van der Waals surface area contributed by atoms with E-state index in [2.05, 4.69) is 19.2 Å². The van der Waals surface area contributed by atoms with E-state index in [0.717, 1.165) is 12.1 Å². The smallest absolute Gasteiger partial charge is 0.202 e. The molecule has 1 atom stereocenters. The predicted molar refractivity (Wildman–Crippen MR) is 64.1 cm³/mol. The van der Waals surface area contributed by atoms with E-state index in [0.29, 0.717) is 6.04 Å². The van der Waals surface area contributed by atoms with Crippen LogP contribution < -0.4 is 5.32 Å². The van der Waals surface area contributed by atoms with Gasteiger partial charge in [-0.05, 0) is 37.6 Å². The van der Waals surface area contributed by atoms with Crippen LogP contribution in [0, 0.1) is 0 Å². The summed E-state index contributed by atoms with van der Waals surface area (Å²) in [6.45, 7) is 4.13. The number of hydrogen-bond donors (Lipinski definition) is 2. The summed E-state index contributed by atoms with van der Waals surface area (Å²) < 4.78 is 22.6. The van der Waals surface area contributed by atoms with Crippen LogP contribution in [0.1, 0.15) is 20.3 Å². The number of aliphatic hydroxyl groups is 1. The van der Waals surface area contributed by atoms with Crippen molar-refractivity contribution in [1.82, 2.24) is 0 Å². The molecule has 0 spiro atoms. The molecular weight excluding hydrogens is 226 g/mol. The Kier molecular flexibility index (Phi) is 4.32. The third-order valence-electron chi connectivity index (χ3n) is 2.41. The van der Waals surface area contributed by atoms with Crippen molar-refractivity contribution in [3.63, 3.8) is 0 Å². The van der Waals surface area contributed by atoms with Crippen LogP contribution in [0.15, 0.2) is 29.2 Å². The first-order valence-corrected chi connectivity index (χ1v) is 6.85. The zero-order chi connectivity index (χ0) is 12.2. The monoisotopic (exact) mass is 243 g/mol. The van der Waals surface area contributed by atoms with Crippen molar-refractivity contribution in [2.24, 2.45) is 0 Å². The number of sulfone groups is 1. The first-order valence-electron chi connectivity index (χ1n) is 5.20. The van der Waals surface area contributed by atoms with Crippen molar-refractivity contribution < 1.29 is 13.5 Å². The van der Waals surface area contributed by atoms with Crippen molar-refractivity contribution in [3.8, 4) is 0 Å². The fraction of sp³-hybridized carbons (Fsp3) is 0.455. The minimum Gasteiger partial charge on any atom is -0.383 e. The van der Waals surface area contributed by atoms with Crippen molar-refractivity contribution in [2.45, 2.75) is 31.2 Å². The Morgan fingerprint density at radius 2 is 1.88 bits per heavy atom. The summed E-state index contributed by atoms with van der Waals surface area (Å²) in [6.07, 6.45) is 0.997. The Bertz CT molecular complexity index is 425. The third kappa shape index (κ3) is 3.21. The first-order chi connectivity index (χ1) is 7.49. The molecule has 0 aliphatic carbocycles. The highest BCUT2D eigenvalue weighted by atomic mass is 32.2. The summed E-state index contributed by atoms with van der Waals surface area (Å²) in [5.41, 5.74) is 0.881. The second kappa shape index (κ2) is 5.32. The lowest BCUT2D eigenvalue weighted by atomic mass is 10.2. The Balaban J connectivity index is 2.84. The molecule has 0 amide bonds. The fourth-order valence-corrected chi connectivity index (χ4v) is 1.92. The summed E-state index contributed by atoms with van der Waals surface area (Å²) in [5.74, 6) is -0.856. The van der Waals surface area contributed by atoms with Crippen LogP contribution in [-0.2, 0) is 9.84 Å². The molecule has 0 saturated heterocycles. The van der Waals surface area contributed by atoms with E-state index in [1.807, 2.05) is 0 Å². The van der Waals surface area contributed by atoms with Gasteiger partial charge in [0, 0.05) is 11.7 Å². The van der Waals surface area contributed by atoms with Crippen molar-refractivity contribution >= 4 is 15.5 Å². The summed E-state index contributed by atoms with van der Waals surface area (Å²) >= 11 is 0. The van der Waals surface area contributed by atoms with Gasteiger partial charge in [-0.1, -0.05) is 6.92 Å². The van der Waals surface area contributed by atoms with E-state index < -0.39 is 15.8 Å². The topological polar surface area (TPSA) is 66.4 Å². The van der Waals surface area contributed by atoms with Crippen LogP contribution in [0.3, 0.4) is 0 Å². The van der Waals surface area contributed by atoms with Gasteiger partial charge in [0.05, 0.1) is 4.90 Å². The van der Waals surface area contributed by atoms with Gasteiger partial charge in [-0.25, -0.2) is 8.42 Å². The van der Waals surface area contributed by atoms with E-state index >= 15 is 0 Å². The molecule has 1 aromatic rings. The standard InChI is InChI=1S/C11H17NO3S/c1-3-9(2)12-10-4-6-11(7-5-10)16(14,15)8-13/h4-7,9,12-13H,3,8H2,1-2H3. The number of rotatable bonds is 5. The predicted octanol–water partition coefficient (Wildman–Crippen LogP) is 1.62. The molecule has 0 aliphatic heterocycles. The molecule has 0 fully saturated rings. The minimum atomic E-state index is -3.52. The zero-order valence-corrected chi connectivity index (χ0v) is 10.3. The lowest BCUT2D eigenvalue weighted by Crippen LogP contribution is -2.13. The van der Waals surface area contributed by atoms with Gasteiger partial charge >= 0.3 is 0 Å². The number of nitrogens with one attached hydrogen (secondary N) is 1. The van der Waals surface area contributed by atoms with E-state index in [4.69, 9.17) is 5.11 Å². The molecule has 0 heterocycles. The average Bonchev–Trinajstić information content (AvgIpc) is 2.29. The molecule has 2 N–H and O–H groups in total. The number of aliphatic hydroxyl groups excluding tert-OH is 1. The Morgan fingerprint density at radius 1 is 1.31 bits per heavy atom. The van der Waals surface area contributed by atoms with Gasteiger partial charge in [-0.3, -0.25) is 0 Å². The third-order valence-corrected chi connectivity index (χ3v) is 3.74. The second-order valence-electron chi connectivity index (χ2n) is 3.72. The highest BCUT2D eigenvalue weighted by Crippen LogP contribution is 2.15. The number of hydrogen-bond acceptors (Lipinski definition) is 4. The highest BCUT2D eigenvalue weighted by Gasteiger charge is 2.11. The Morgan fingerprint density at radius 3 is 2.31 bits per heavy atom. The maximum atomic E-state index is 11.3. The van der Waals surface area contributed by atoms with Crippen LogP contribution in [-0.4, -0.2) is 25.5 Å². The van der Waals surface area contributed by atoms with E-state index in [1.54, 1.807) is 12.1 Å². The van der Waals surface area contributed by atoms with E-state index in [-0.39, 0.29) is 4.90 Å². The van der Waals surface area contributed by atoms with Gasteiger partial charge < -0.3 is 10.4 Å². The van der Waals surface area contributed by atoms with Gasteiger partial charge in [-0.2, -0.15) is 0 Å². The Hall–Kier alpha value is -1.07. The van der Waals surface area contributed by atoms with Crippen LogP contribution >= 0.6 is 0 Å². The molecule has 16 heavy (non-hydrogen) atoms. The zero-order valence-electron chi connectivity index (χ0n) is 9.47. The summed E-state index contributed by atoms with van der Waals surface area (Å²) in [5, 5.41) is 11.9. The largest absolute Gasteiger partial charge is 0.383 e. The molecule has 1 rings (SSSR count). The quantitative estimate of drug-likeness (QED) is 0.824. The van der Waals surface area contributed by atoms with Crippen LogP contribution in [0.25, 0.3) is 0 Å². The summed E-state index contributed by atoms with van der Waals surface area (Å²) in [7, 11) is -3.52. The van der Waals surface area contributed by atoms with Crippen LogP contribution in [0.5, 0.6) is 0 Å². The molecule has 0 radical (unpaired) electrons. The number of anilines is 1. The van der Waals surface area contributed by atoms with Gasteiger partial charge in [0.1, 0.15) is 5.94 Å². The maximum Gasteiger partial charge on any atom is 0.202 e. The van der Waals surface area contributed by atoms with Gasteiger partial charge in [0.25, 0.3) is 0 Å². The number of benzene rings is 1. The molecule has 0 aromatic heterocycles. The highest BCUT2D eigenvalue weighted by molar-refractivity contribution is 7.91. The molecule has 1 aromatic carbocycles.